The monoisotopic (exact) mass is 161 g/mol. The molecule has 1 unspecified atom stereocenters. The molecule has 7 heavy (non-hydrogen) atoms. The van der Waals surface area contributed by atoms with Gasteiger partial charge in [0.25, 0.3) is 0 Å². The first-order valence-electron chi connectivity index (χ1n) is 1.87. The quantitative estimate of drug-likeness (QED) is 0.388. The van der Waals surface area contributed by atoms with Gasteiger partial charge in [-0.1, -0.05) is 0 Å². The maximum atomic E-state index is 4.82. The van der Waals surface area contributed by atoms with Crippen LogP contribution in [0, 0.1) is 0 Å². The first kappa shape index (κ1) is 4.84. The SMILES string of the molecule is BrC1N=CC=CO1. The molecule has 1 heterocycles. The van der Waals surface area contributed by atoms with Crippen LogP contribution in [-0.4, -0.2) is 11.4 Å². The molecule has 1 aliphatic heterocycles. The predicted molar refractivity (Wildman–Crippen MR) is 31.4 cm³/mol. The fourth-order valence-corrected chi connectivity index (χ4v) is 0.559. The Bertz CT molecular complexity index is 110. The summed E-state index contributed by atoms with van der Waals surface area (Å²) in [4.78, 5) is 3.81. The second-order valence-electron chi connectivity index (χ2n) is 1.05. The van der Waals surface area contributed by atoms with Gasteiger partial charge in [-0.15, -0.1) is 0 Å². The molecule has 0 aromatic rings. The third-order valence-corrected chi connectivity index (χ3v) is 1.01. The van der Waals surface area contributed by atoms with Crippen LogP contribution in [0.1, 0.15) is 0 Å². The molecular formula is C4H4BrNO. The van der Waals surface area contributed by atoms with Gasteiger partial charge in [0.05, 0.1) is 6.26 Å². The summed E-state index contributed by atoms with van der Waals surface area (Å²) in [6.45, 7) is 0. The number of nitrogens with zero attached hydrogens (tertiary/aromatic N) is 1. The van der Waals surface area contributed by atoms with Crippen LogP contribution in [0.15, 0.2) is 17.3 Å². The van der Waals surface area contributed by atoms with E-state index in [1.165, 1.54) is 0 Å². The lowest BCUT2D eigenvalue weighted by Gasteiger charge is -2.04. The van der Waals surface area contributed by atoms with Crippen LogP contribution in [0.5, 0.6) is 0 Å². The first-order chi connectivity index (χ1) is 3.39. The summed E-state index contributed by atoms with van der Waals surface area (Å²) in [7, 11) is 0. The minimum atomic E-state index is -0.169. The third-order valence-electron chi connectivity index (χ3n) is 0.559. The number of ether oxygens (including phenoxy) is 1. The van der Waals surface area contributed by atoms with Crippen molar-refractivity contribution in [2.75, 3.05) is 0 Å². The van der Waals surface area contributed by atoms with Gasteiger partial charge in [-0.3, -0.25) is 0 Å². The van der Waals surface area contributed by atoms with Crippen molar-refractivity contribution >= 4 is 22.1 Å². The summed E-state index contributed by atoms with van der Waals surface area (Å²) < 4.78 is 4.82. The standard InChI is InChI=1S/C4H4BrNO/c5-4-6-2-1-3-7-4/h1-4H. The van der Waals surface area contributed by atoms with Gasteiger partial charge in [0.15, 0.2) is 0 Å². The molecule has 0 N–H and O–H groups in total. The number of rotatable bonds is 0. The van der Waals surface area contributed by atoms with E-state index in [9.17, 15) is 0 Å². The largest absolute Gasteiger partial charge is 0.466 e. The molecule has 1 aliphatic rings. The third kappa shape index (κ3) is 1.31. The second-order valence-corrected chi connectivity index (χ2v) is 1.84. The van der Waals surface area contributed by atoms with E-state index in [0.29, 0.717) is 0 Å². The maximum absolute atomic E-state index is 4.82. The molecule has 0 bridgehead atoms. The van der Waals surface area contributed by atoms with E-state index in [1.54, 1.807) is 18.6 Å². The normalized spacial score (nSPS) is 27.3. The first-order valence-corrected chi connectivity index (χ1v) is 2.79. The molecule has 3 heteroatoms. The Morgan fingerprint density at radius 1 is 1.71 bits per heavy atom. The van der Waals surface area contributed by atoms with Crippen LogP contribution in [0.3, 0.4) is 0 Å². The lowest BCUT2D eigenvalue weighted by atomic mass is 10.7. The van der Waals surface area contributed by atoms with E-state index in [1.807, 2.05) is 0 Å². The van der Waals surface area contributed by atoms with E-state index in [0.717, 1.165) is 0 Å². The zero-order valence-electron chi connectivity index (χ0n) is 3.54. The fourth-order valence-electron chi connectivity index (χ4n) is 0.298. The topological polar surface area (TPSA) is 21.6 Å². The molecule has 0 fully saturated rings. The van der Waals surface area contributed by atoms with Gasteiger partial charge in [0, 0.05) is 6.21 Å². The summed E-state index contributed by atoms with van der Waals surface area (Å²) in [5, 5.41) is -0.169. The summed E-state index contributed by atoms with van der Waals surface area (Å²) in [6, 6.07) is 0. The molecule has 38 valence electrons. The Balaban J connectivity index is 2.49. The lowest BCUT2D eigenvalue weighted by molar-refractivity contribution is 0.234. The number of aliphatic imine (C=N–C) groups is 1. The molecular weight excluding hydrogens is 158 g/mol. The second kappa shape index (κ2) is 2.12. The minimum absolute atomic E-state index is 0.169. The molecule has 0 radical (unpaired) electrons. The molecule has 2 nitrogen and oxygen atoms in total. The van der Waals surface area contributed by atoms with Crippen LogP contribution in [0.25, 0.3) is 0 Å². The van der Waals surface area contributed by atoms with Gasteiger partial charge in [-0.05, 0) is 22.0 Å². The average Bonchev–Trinajstić information content (AvgIpc) is 1.69. The number of halogens is 1. The van der Waals surface area contributed by atoms with Crippen LogP contribution < -0.4 is 0 Å². The summed E-state index contributed by atoms with van der Waals surface area (Å²) in [6.07, 6.45) is 5.01. The Labute approximate surface area is 50.0 Å². The van der Waals surface area contributed by atoms with Crippen molar-refractivity contribution in [3.8, 4) is 0 Å². The van der Waals surface area contributed by atoms with E-state index >= 15 is 0 Å². The van der Waals surface area contributed by atoms with E-state index in [4.69, 9.17) is 4.74 Å². The Hall–Kier alpha value is -0.310. The van der Waals surface area contributed by atoms with Crippen molar-refractivity contribution in [3.63, 3.8) is 0 Å². The summed E-state index contributed by atoms with van der Waals surface area (Å²) in [5.74, 6) is 0. The van der Waals surface area contributed by atoms with Crippen molar-refractivity contribution in [2.45, 2.75) is 5.14 Å². The van der Waals surface area contributed by atoms with Gasteiger partial charge in [-0.2, -0.15) is 0 Å². The highest BCUT2D eigenvalue weighted by Gasteiger charge is 1.95. The fraction of sp³-hybridized carbons (Fsp3) is 0.250. The molecule has 0 saturated heterocycles. The smallest absolute Gasteiger partial charge is 0.245 e. The minimum Gasteiger partial charge on any atom is -0.466 e. The van der Waals surface area contributed by atoms with Crippen molar-refractivity contribution in [3.05, 3.63) is 12.3 Å². The predicted octanol–water partition coefficient (Wildman–Crippen LogP) is 1.28. The van der Waals surface area contributed by atoms with Gasteiger partial charge < -0.3 is 4.74 Å². The van der Waals surface area contributed by atoms with Crippen LogP contribution in [0.2, 0.25) is 0 Å². The van der Waals surface area contributed by atoms with Crippen LogP contribution >= 0.6 is 15.9 Å². The molecule has 0 amide bonds. The van der Waals surface area contributed by atoms with Crippen molar-refractivity contribution in [1.82, 2.24) is 0 Å². The van der Waals surface area contributed by atoms with Crippen molar-refractivity contribution in [1.29, 1.82) is 0 Å². The number of hydrogen-bond donors (Lipinski definition) is 0. The summed E-state index contributed by atoms with van der Waals surface area (Å²) in [5.41, 5.74) is 0. The molecule has 1 atom stereocenters. The summed E-state index contributed by atoms with van der Waals surface area (Å²) >= 11 is 3.12. The molecule has 0 aromatic carbocycles. The highest BCUT2D eigenvalue weighted by Crippen LogP contribution is 2.05. The van der Waals surface area contributed by atoms with Crippen molar-refractivity contribution < 1.29 is 4.74 Å². The van der Waals surface area contributed by atoms with Gasteiger partial charge >= 0.3 is 0 Å². The number of hydrogen-bond acceptors (Lipinski definition) is 2. The molecule has 0 saturated carbocycles. The Kier molecular flexibility index (Phi) is 1.46. The highest BCUT2D eigenvalue weighted by molar-refractivity contribution is 9.09. The number of alkyl halides is 1. The van der Waals surface area contributed by atoms with Crippen LogP contribution in [-0.2, 0) is 4.74 Å². The number of allylic oxidation sites excluding steroid dienone is 1. The molecule has 0 aromatic heterocycles. The highest BCUT2D eigenvalue weighted by atomic mass is 79.9. The van der Waals surface area contributed by atoms with Crippen molar-refractivity contribution in [2.24, 2.45) is 4.99 Å². The molecule has 0 aliphatic carbocycles. The maximum Gasteiger partial charge on any atom is 0.245 e. The van der Waals surface area contributed by atoms with E-state index in [2.05, 4.69) is 20.9 Å². The Morgan fingerprint density at radius 3 is 2.86 bits per heavy atom. The van der Waals surface area contributed by atoms with E-state index < -0.39 is 0 Å². The van der Waals surface area contributed by atoms with Gasteiger partial charge in [0.1, 0.15) is 0 Å². The van der Waals surface area contributed by atoms with Gasteiger partial charge in [-0.25, -0.2) is 4.99 Å². The molecule has 0 spiro atoms. The average molecular weight is 162 g/mol. The Morgan fingerprint density at radius 2 is 2.57 bits per heavy atom. The zero-order valence-corrected chi connectivity index (χ0v) is 5.13. The molecule has 1 rings (SSSR count). The van der Waals surface area contributed by atoms with Crippen LogP contribution in [0.4, 0.5) is 0 Å². The van der Waals surface area contributed by atoms with Gasteiger partial charge in [0.2, 0.25) is 5.14 Å². The van der Waals surface area contributed by atoms with E-state index in [-0.39, 0.29) is 5.14 Å². The zero-order chi connectivity index (χ0) is 5.11. The lowest BCUT2D eigenvalue weighted by Crippen LogP contribution is -1.97.